The van der Waals surface area contributed by atoms with E-state index in [9.17, 15) is 13.2 Å². The van der Waals surface area contributed by atoms with Crippen LogP contribution in [-0.4, -0.2) is 36.6 Å². The Bertz CT molecular complexity index is 964. The molecule has 1 heterocycles. The SMILES string of the molecule is CSc1nc(C)c(CCC(=O)NCc2ccc(S(=O)(=O)NC3CC3)cc2)c(C)n1. The van der Waals surface area contributed by atoms with E-state index in [1.54, 1.807) is 24.3 Å². The minimum Gasteiger partial charge on any atom is -0.352 e. The summed E-state index contributed by atoms with van der Waals surface area (Å²) in [4.78, 5) is 21.4. The molecule has 0 saturated heterocycles. The number of thioether (sulfide) groups is 1. The van der Waals surface area contributed by atoms with E-state index in [-0.39, 0.29) is 16.8 Å². The van der Waals surface area contributed by atoms with Crippen LogP contribution in [0.5, 0.6) is 0 Å². The van der Waals surface area contributed by atoms with Gasteiger partial charge in [0.05, 0.1) is 4.90 Å². The number of benzene rings is 1. The highest BCUT2D eigenvalue weighted by molar-refractivity contribution is 7.98. The van der Waals surface area contributed by atoms with Crippen LogP contribution in [0.15, 0.2) is 34.3 Å². The minimum absolute atomic E-state index is 0.0650. The van der Waals surface area contributed by atoms with Gasteiger partial charge >= 0.3 is 0 Å². The summed E-state index contributed by atoms with van der Waals surface area (Å²) in [5, 5.41) is 3.62. The van der Waals surface area contributed by atoms with E-state index in [1.807, 2.05) is 20.1 Å². The Labute approximate surface area is 176 Å². The largest absolute Gasteiger partial charge is 0.352 e. The van der Waals surface area contributed by atoms with Crippen molar-refractivity contribution in [2.75, 3.05) is 6.26 Å². The molecule has 0 spiro atoms. The molecule has 9 heteroatoms. The molecular weight excluding hydrogens is 408 g/mol. The zero-order chi connectivity index (χ0) is 21.0. The fraction of sp³-hybridized carbons (Fsp3) is 0.450. The molecule has 1 amide bonds. The summed E-state index contributed by atoms with van der Waals surface area (Å²) in [6.45, 7) is 4.24. The van der Waals surface area contributed by atoms with Crippen molar-refractivity contribution < 1.29 is 13.2 Å². The van der Waals surface area contributed by atoms with Crippen LogP contribution in [0.1, 0.15) is 41.8 Å². The predicted octanol–water partition coefficient (Wildman–Crippen LogP) is 2.51. The third-order valence-electron chi connectivity index (χ3n) is 4.81. The van der Waals surface area contributed by atoms with E-state index in [4.69, 9.17) is 0 Å². The Hall–Kier alpha value is -1.97. The van der Waals surface area contributed by atoms with Gasteiger partial charge in [-0.2, -0.15) is 0 Å². The third-order valence-corrected chi connectivity index (χ3v) is 6.89. The lowest BCUT2D eigenvalue weighted by molar-refractivity contribution is -0.121. The number of carbonyl (C=O) groups excluding carboxylic acids is 1. The Kier molecular flexibility index (Phi) is 6.92. The molecule has 1 saturated carbocycles. The number of hydrogen-bond donors (Lipinski definition) is 2. The van der Waals surface area contributed by atoms with Crippen LogP contribution in [0.4, 0.5) is 0 Å². The Morgan fingerprint density at radius 2 is 1.76 bits per heavy atom. The van der Waals surface area contributed by atoms with Gasteiger partial charge in [-0.15, -0.1) is 0 Å². The van der Waals surface area contributed by atoms with Crippen LogP contribution >= 0.6 is 11.8 Å². The lowest BCUT2D eigenvalue weighted by Gasteiger charge is -2.11. The number of aryl methyl sites for hydroxylation is 2. The van der Waals surface area contributed by atoms with E-state index in [0.717, 1.165) is 40.5 Å². The first-order valence-corrected chi connectivity index (χ1v) is 12.3. The van der Waals surface area contributed by atoms with Gasteiger partial charge < -0.3 is 5.32 Å². The normalized spacial score (nSPS) is 14.0. The first kappa shape index (κ1) is 21.7. The van der Waals surface area contributed by atoms with Crippen molar-refractivity contribution in [3.63, 3.8) is 0 Å². The quantitative estimate of drug-likeness (QED) is 0.465. The summed E-state index contributed by atoms with van der Waals surface area (Å²) in [6.07, 6.45) is 4.67. The molecule has 156 valence electrons. The van der Waals surface area contributed by atoms with E-state index in [0.29, 0.717) is 19.4 Å². The summed E-state index contributed by atoms with van der Waals surface area (Å²) in [5.41, 5.74) is 3.68. The van der Waals surface area contributed by atoms with E-state index in [2.05, 4.69) is 20.0 Å². The van der Waals surface area contributed by atoms with Crippen LogP contribution in [0.2, 0.25) is 0 Å². The van der Waals surface area contributed by atoms with Crippen molar-refractivity contribution in [1.82, 2.24) is 20.0 Å². The second-order valence-electron chi connectivity index (χ2n) is 7.18. The van der Waals surface area contributed by atoms with Crippen molar-refractivity contribution in [2.24, 2.45) is 0 Å². The van der Waals surface area contributed by atoms with Gasteiger partial charge in [0.2, 0.25) is 15.9 Å². The van der Waals surface area contributed by atoms with Crippen LogP contribution in [-0.2, 0) is 27.8 Å². The van der Waals surface area contributed by atoms with Crippen molar-refractivity contribution in [3.05, 3.63) is 46.8 Å². The van der Waals surface area contributed by atoms with Crippen LogP contribution < -0.4 is 10.0 Å². The van der Waals surface area contributed by atoms with Crippen LogP contribution in [0.3, 0.4) is 0 Å². The van der Waals surface area contributed by atoms with E-state index in [1.165, 1.54) is 11.8 Å². The maximum absolute atomic E-state index is 12.2. The van der Waals surface area contributed by atoms with Crippen LogP contribution in [0, 0.1) is 13.8 Å². The van der Waals surface area contributed by atoms with Crippen molar-refractivity contribution in [1.29, 1.82) is 0 Å². The molecule has 3 rings (SSSR count). The molecule has 0 aliphatic heterocycles. The van der Waals surface area contributed by atoms with E-state index < -0.39 is 10.0 Å². The van der Waals surface area contributed by atoms with Crippen molar-refractivity contribution in [2.45, 2.75) is 62.2 Å². The molecule has 0 unspecified atom stereocenters. The Morgan fingerprint density at radius 3 is 2.31 bits per heavy atom. The molecule has 1 aromatic carbocycles. The number of amides is 1. The van der Waals surface area contributed by atoms with Crippen LogP contribution in [0.25, 0.3) is 0 Å². The number of rotatable bonds is 9. The smallest absolute Gasteiger partial charge is 0.240 e. The lowest BCUT2D eigenvalue weighted by atomic mass is 10.1. The van der Waals surface area contributed by atoms with E-state index >= 15 is 0 Å². The molecule has 2 aromatic rings. The van der Waals surface area contributed by atoms with Gasteiger partial charge in [-0.05, 0) is 62.6 Å². The molecule has 1 aliphatic carbocycles. The van der Waals surface area contributed by atoms with Gasteiger partial charge in [0.15, 0.2) is 5.16 Å². The highest BCUT2D eigenvalue weighted by Gasteiger charge is 2.27. The van der Waals surface area contributed by atoms with Gasteiger partial charge in [0, 0.05) is 30.4 Å². The first-order chi connectivity index (χ1) is 13.8. The van der Waals surface area contributed by atoms with Crippen molar-refractivity contribution >= 4 is 27.7 Å². The topological polar surface area (TPSA) is 101 Å². The summed E-state index contributed by atoms with van der Waals surface area (Å²) >= 11 is 1.50. The molecule has 1 aliphatic rings. The fourth-order valence-corrected chi connectivity index (χ4v) is 4.73. The lowest BCUT2D eigenvalue weighted by Crippen LogP contribution is -2.26. The molecular formula is C20H26N4O3S2. The monoisotopic (exact) mass is 434 g/mol. The molecule has 7 nitrogen and oxygen atoms in total. The second kappa shape index (κ2) is 9.23. The summed E-state index contributed by atoms with van der Waals surface area (Å²) in [7, 11) is -3.45. The minimum atomic E-state index is -3.45. The molecule has 1 aromatic heterocycles. The molecule has 0 bridgehead atoms. The summed E-state index contributed by atoms with van der Waals surface area (Å²) < 4.78 is 27.0. The second-order valence-corrected chi connectivity index (χ2v) is 9.66. The summed E-state index contributed by atoms with van der Waals surface area (Å²) in [6, 6.07) is 6.68. The zero-order valence-corrected chi connectivity index (χ0v) is 18.5. The summed E-state index contributed by atoms with van der Waals surface area (Å²) in [5.74, 6) is -0.0650. The van der Waals surface area contributed by atoms with Crippen molar-refractivity contribution in [3.8, 4) is 0 Å². The molecule has 2 N–H and O–H groups in total. The highest BCUT2D eigenvalue weighted by atomic mass is 32.2. The Balaban J connectivity index is 1.51. The number of carbonyl (C=O) groups is 1. The Morgan fingerprint density at radius 1 is 1.14 bits per heavy atom. The molecule has 0 radical (unpaired) electrons. The molecule has 0 atom stereocenters. The first-order valence-electron chi connectivity index (χ1n) is 9.54. The maximum Gasteiger partial charge on any atom is 0.240 e. The average molecular weight is 435 g/mol. The van der Waals surface area contributed by atoms with Gasteiger partial charge in [-0.3, -0.25) is 4.79 Å². The standard InChI is InChI=1S/C20H26N4O3S2/c1-13-18(14(2)23-20(22-13)28-3)10-11-19(25)21-12-15-4-8-17(9-5-15)29(26,27)24-16-6-7-16/h4-5,8-9,16,24H,6-7,10-12H2,1-3H3,(H,21,25). The van der Waals surface area contributed by atoms with Gasteiger partial charge in [-0.25, -0.2) is 23.1 Å². The number of aromatic nitrogens is 2. The highest BCUT2D eigenvalue weighted by Crippen LogP contribution is 2.22. The predicted molar refractivity (Wildman–Crippen MR) is 113 cm³/mol. The fourth-order valence-electron chi connectivity index (χ4n) is 2.96. The molecule has 1 fully saturated rings. The third kappa shape index (κ3) is 6.01. The number of sulfonamides is 1. The number of hydrogen-bond acceptors (Lipinski definition) is 6. The zero-order valence-electron chi connectivity index (χ0n) is 16.9. The number of nitrogens with one attached hydrogen (secondary N) is 2. The van der Waals surface area contributed by atoms with Gasteiger partial charge in [0.25, 0.3) is 0 Å². The van der Waals surface area contributed by atoms with Gasteiger partial charge in [-0.1, -0.05) is 23.9 Å². The maximum atomic E-state index is 12.2. The average Bonchev–Trinajstić information content (AvgIpc) is 3.49. The molecule has 29 heavy (non-hydrogen) atoms. The van der Waals surface area contributed by atoms with Gasteiger partial charge in [0.1, 0.15) is 0 Å². The number of nitrogens with zero attached hydrogens (tertiary/aromatic N) is 2.